The quantitative estimate of drug-likeness (QED) is 0.430. The van der Waals surface area contributed by atoms with Crippen LogP contribution in [-0.4, -0.2) is 38.7 Å². The van der Waals surface area contributed by atoms with Gasteiger partial charge in [0.2, 0.25) is 11.8 Å². The summed E-state index contributed by atoms with van der Waals surface area (Å²) in [6, 6.07) is 0.675. The minimum Gasteiger partial charge on any atom is -0.480 e. The van der Waals surface area contributed by atoms with Gasteiger partial charge in [-0.25, -0.2) is 9.48 Å². The minimum atomic E-state index is -1.33. The molecule has 1 atom stereocenters. The molecule has 2 amide bonds. The molecule has 10 heteroatoms. The molecule has 0 spiro atoms. The van der Waals surface area contributed by atoms with Crippen molar-refractivity contribution in [3.05, 3.63) is 32.8 Å². The number of hydrogen-bond acceptors (Lipinski definition) is 5. The van der Waals surface area contributed by atoms with Gasteiger partial charge in [-0.05, 0) is 6.42 Å². The van der Waals surface area contributed by atoms with E-state index in [1.807, 2.05) is 0 Å². The molecule has 0 saturated heterocycles. The average molecular weight is 298 g/mol. The molecule has 1 rings (SSSR count). The Kier molecular flexibility index (Phi) is 5.40. The Hall–Kier alpha value is -2.91. The van der Waals surface area contributed by atoms with E-state index in [0.29, 0.717) is 0 Å². The molecular formula is C11H14N4O6. The van der Waals surface area contributed by atoms with E-state index < -0.39 is 41.5 Å². The number of carboxylic acids is 1. The molecule has 0 aromatic carbocycles. The van der Waals surface area contributed by atoms with Crippen LogP contribution in [0.2, 0.25) is 0 Å². The highest BCUT2D eigenvalue weighted by Crippen LogP contribution is 1.97. The lowest BCUT2D eigenvalue weighted by Crippen LogP contribution is -2.44. The normalized spacial score (nSPS) is 11.6. The SMILES string of the molecule is NC(=O)CC[C@H](NC(=O)Cn1[nH]c(=O)ccc1=O)C(=O)O. The van der Waals surface area contributed by atoms with Crippen molar-refractivity contribution in [3.63, 3.8) is 0 Å². The molecule has 0 aliphatic carbocycles. The number of hydrogen-bond donors (Lipinski definition) is 4. The maximum absolute atomic E-state index is 11.7. The fourth-order valence-electron chi connectivity index (χ4n) is 1.51. The van der Waals surface area contributed by atoms with E-state index in [-0.39, 0.29) is 12.8 Å². The number of nitrogens with zero attached hydrogens (tertiary/aromatic N) is 1. The zero-order valence-corrected chi connectivity index (χ0v) is 10.9. The van der Waals surface area contributed by atoms with Crippen LogP contribution >= 0.6 is 0 Å². The standard InChI is InChI=1S/C11H14N4O6/c12-7(16)2-1-6(11(20)21)13-9(18)5-15-10(19)4-3-8(17)14-15/h3-4,6H,1-2,5H2,(H2,12,16)(H,13,18)(H,14,17)(H,20,21)/t6-/m0/s1. The topological polar surface area (TPSA) is 164 Å². The van der Waals surface area contributed by atoms with Crippen molar-refractivity contribution in [3.8, 4) is 0 Å². The van der Waals surface area contributed by atoms with Gasteiger partial charge in [-0.2, -0.15) is 0 Å². The Balaban J connectivity index is 2.72. The number of nitrogens with two attached hydrogens (primary N) is 1. The summed E-state index contributed by atoms with van der Waals surface area (Å²) in [5, 5.41) is 13.2. The van der Waals surface area contributed by atoms with E-state index in [2.05, 4.69) is 10.4 Å². The van der Waals surface area contributed by atoms with Crippen molar-refractivity contribution in [2.75, 3.05) is 0 Å². The van der Waals surface area contributed by atoms with Gasteiger partial charge in [0.05, 0.1) is 0 Å². The summed E-state index contributed by atoms with van der Waals surface area (Å²) in [6.07, 6.45) is -0.379. The van der Waals surface area contributed by atoms with Crippen LogP contribution in [0.1, 0.15) is 12.8 Å². The van der Waals surface area contributed by atoms with Gasteiger partial charge in [-0.3, -0.25) is 24.3 Å². The lowest BCUT2D eigenvalue weighted by Gasteiger charge is -2.14. The van der Waals surface area contributed by atoms with Gasteiger partial charge in [0.25, 0.3) is 11.1 Å². The monoisotopic (exact) mass is 298 g/mol. The summed E-state index contributed by atoms with van der Waals surface area (Å²) in [5.41, 5.74) is 3.71. The first-order valence-electron chi connectivity index (χ1n) is 5.90. The van der Waals surface area contributed by atoms with Crippen LogP contribution in [0.3, 0.4) is 0 Å². The first-order chi connectivity index (χ1) is 9.79. The van der Waals surface area contributed by atoms with Crippen LogP contribution in [0, 0.1) is 0 Å². The van der Waals surface area contributed by atoms with Crippen LogP contribution in [-0.2, 0) is 20.9 Å². The van der Waals surface area contributed by atoms with Crippen LogP contribution in [0.5, 0.6) is 0 Å². The number of amides is 2. The highest BCUT2D eigenvalue weighted by molar-refractivity contribution is 5.84. The maximum Gasteiger partial charge on any atom is 0.326 e. The average Bonchev–Trinajstić information content (AvgIpc) is 2.38. The van der Waals surface area contributed by atoms with Crippen molar-refractivity contribution >= 4 is 17.8 Å². The van der Waals surface area contributed by atoms with Crippen molar-refractivity contribution in [1.29, 1.82) is 0 Å². The Bertz CT molecular complexity index is 661. The molecule has 0 fully saturated rings. The summed E-state index contributed by atoms with van der Waals surface area (Å²) in [7, 11) is 0. The number of H-pyrrole nitrogens is 1. The van der Waals surface area contributed by atoms with Gasteiger partial charge in [0, 0.05) is 18.6 Å². The Morgan fingerprint density at radius 3 is 2.57 bits per heavy atom. The second-order valence-corrected chi connectivity index (χ2v) is 4.20. The number of aliphatic carboxylic acids is 1. The fraction of sp³-hybridized carbons (Fsp3) is 0.364. The number of aromatic amines is 1. The van der Waals surface area contributed by atoms with Crippen LogP contribution in [0.15, 0.2) is 21.7 Å². The first kappa shape index (κ1) is 16.1. The van der Waals surface area contributed by atoms with Crippen molar-refractivity contribution in [1.82, 2.24) is 15.1 Å². The lowest BCUT2D eigenvalue weighted by molar-refractivity contribution is -0.142. The largest absolute Gasteiger partial charge is 0.480 e. The molecule has 10 nitrogen and oxygen atoms in total. The van der Waals surface area contributed by atoms with Gasteiger partial charge < -0.3 is 16.2 Å². The number of nitrogens with one attached hydrogen (secondary N) is 2. The zero-order valence-electron chi connectivity index (χ0n) is 10.9. The number of primary amides is 1. The minimum absolute atomic E-state index is 0.170. The molecule has 0 saturated carbocycles. The molecule has 0 unspecified atom stereocenters. The molecular weight excluding hydrogens is 284 g/mol. The summed E-state index contributed by atoms with van der Waals surface area (Å²) in [4.78, 5) is 55.6. The Morgan fingerprint density at radius 2 is 2.00 bits per heavy atom. The summed E-state index contributed by atoms with van der Waals surface area (Å²) < 4.78 is 0.741. The number of rotatable bonds is 7. The molecule has 114 valence electrons. The zero-order chi connectivity index (χ0) is 16.0. The van der Waals surface area contributed by atoms with Gasteiger partial charge >= 0.3 is 5.97 Å². The third kappa shape index (κ3) is 5.30. The molecule has 1 aromatic rings. The van der Waals surface area contributed by atoms with Crippen molar-refractivity contribution < 1.29 is 19.5 Å². The van der Waals surface area contributed by atoms with E-state index in [1.54, 1.807) is 0 Å². The molecule has 5 N–H and O–H groups in total. The number of aromatic nitrogens is 2. The molecule has 1 aromatic heterocycles. The second-order valence-electron chi connectivity index (χ2n) is 4.20. The van der Waals surface area contributed by atoms with Crippen molar-refractivity contribution in [2.45, 2.75) is 25.4 Å². The molecule has 0 radical (unpaired) electrons. The molecule has 21 heavy (non-hydrogen) atoms. The van der Waals surface area contributed by atoms with Gasteiger partial charge in [-0.15, -0.1) is 0 Å². The summed E-state index contributed by atoms with van der Waals surface area (Å²) >= 11 is 0. The molecule has 0 aliphatic heterocycles. The Morgan fingerprint density at radius 1 is 1.33 bits per heavy atom. The lowest BCUT2D eigenvalue weighted by atomic mass is 10.1. The van der Waals surface area contributed by atoms with E-state index in [1.165, 1.54) is 0 Å². The third-order valence-corrected chi connectivity index (χ3v) is 2.50. The fourth-order valence-corrected chi connectivity index (χ4v) is 1.51. The van der Waals surface area contributed by atoms with Crippen LogP contribution in [0.4, 0.5) is 0 Å². The maximum atomic E-state index is 11.7. The van der Waals surface area contributed by atoms with Crippen LogP contribution < -0.4 is 22.2 Å². The van der Waals surface area contributed by atoms with E-state index >= 15 is 0 Å². The van der Waals surface area contributed by atoms with E-state index in [4.69, 9.17) is 10.8 Å². The Labute approximate surface area is 117 Å². The molecule has 0 aliphatic rings. The van der Waals surface area contributed by atoms with Crippen molar-refractivity contribution in [2.24, 2.45) is 5.73 Å². The number of carboxylic acid groups (broad SMARTS) is 1. The molecule has 0 bridgehead atoms. The smallest absolute Gasteiger partial charge is 0.326 e. The number of carbonyl (C=O) groups is 3. The highest BCUT2D eigenvalue weighted by Gasteiger charge is 2.20. The van der Waals surface area contributed by atoms with Gasteiger partial charge in [-0.1, -0.05) is 0 Å². The van der Waals surface area contributed by atoms with Gasteiger partial charge in [0.15, 0.2) is 0 Å². The number of carbonyl (C=O) groups excluding carboxylic acids is 2. The predicted molar refractivity (Wildman–Crippen MR) is 69.3 cm³/mol. The third-order valence-electron chi connectivity index (χ3n) is 2.50. The first-order valence-corrected chi connectivity index (χ1v) is 5.90. The predicted octanol–water partition coefficient (Wildman–Crippen LogP) is -2.63. The highest BCUT2D eigenvalue weighted by atomic mass is 16.4. The summed E-state index contributed by atoms with van der Waals surface area (Å²) in [5.74, 6) is -2.83. The van der Waals surface area contributed by atoms with Crippen LogP contribution in [0.25, 0.3) is 0 Å². The molecule has 1 heterocycles. The second kappa shape index (κ2) is 7.03. The van der Waals surface area contributed by atoms with Gasteiger partial charge in [0.1, 0.15) is 12.6 Å². The summed E-state index contributed by atoms with van der Waals surface area (Å²) in [6.45, 7) is -0.546. The van der Waals surface area contributed by atoms with E-state index in [0.717, 1.165) is 16.8 Å². The van der Waals surface area contributed by atoms with E-state index in [9.17, 15) is 24.0 Å².